The number of allylic oxidation sites excluding steroid dienone is 1. The van der Waals surface area contributed by atoms with Crippen LogP contribution in [0.4, 0.5) is 14.5 Å². The fourth-order valence-electron chi connectivity index (χ4n) is 4.55. The summed E-state index contributed by atoms with van der Waals surface area (Å²) in [6.07, 6.45) is 7.51. The Labute approximate surface area is 196 Å². The summed E-state index contributed by atoms with van der Waals surface area (Å²) in [7, 11) is 0. The Morgan fingerprint density at radius 2 is 1.56 bits per heavy atom. The molecule has 0 unspecified atom stereocenters. The maximum Gasteiger partial charge on any atom is 0.248 e. The van der Waals surface area contributed by atoms with Crippen LogP contribution in [0.3, 0.4) is 0 Å². The SMILES string of the molecule is O=C(/C=C/[C@@H]1CC1(c1cccc(F)c1)c1cccc(F)c1)Nc1ccc(-c2cccnc2)cc1. The van der Waals surface area contributed by atoms with Crippen molar-refractivity contribution < 1.29 is 13.6 Å². The Morgan fingerprint density at radius 1 is 0.882 bits per heavy atom. The maximum atomic E-state index is 14.0. The van der Waals surface area contributed by atoms with Gasteiger partial charge in [-0.3, -0.25) is 9.78 Å². The molecule has 0 bridgehead atoms. The van der Waals surface area contributed by atoms with Crippen LogP contribution in [0, 0.1) is 17.6 Å². The van der Waals surface area contributed by atoms with E-state index in [9.17, 15) is 13.6 Å². The predicted molar refractivity (Wildman–Crippen MR) is 129 cm³/mol. The minimum absolute atomic E-state index is 0.0465. The number of aromatic nitrogens is 1. The van der Waals surface area contributed by atoms with E-state index in [0.29, 0.717) is 12.1 Å². The molecule has 0 saturated heterocycles. The molecule has 1 aromatic heterocycles. The van der Waals surface area contributed by atoms with E-state index >= 15 is 0 Å². The van der Waals surface area contributed by atoms with Crippen molar-refractivity contribution in [2.24, 2.45) is 5.92 Å². The van der Waals surface area contributed by atoms with Crippen LogP contribution in [0.25, 0.3) is 11.1 Å². The molecular formula is C29H22F2N2O. The number of amides is 1. The quantitative estimate of drug-likeness (QED) is 0.338. The average molecular weight is 453 g/mol. The second-order valence-electron chi connectivity index (χ2n) is 8.47. The summed E-state index contributed by atoms with van der Waals surface area (Å²) >= 11 is 0. The number of carbonyl (C=O) groups is 1. The van der Waals surface area contributed by atoms with Gasteiger partial charge in [0.05, 0.1) is 0 Å². The molecule has 0 aliphatic heterocycles. The molecule has 0 radical (unpaired) electrons. The molecule has 4 aromatic rings. The zero-order valence-electron chi connectivity index (χ0n) is 18.3. The lowest BCUT2D eigenvalue weighted by atomic mass is 9.85. The molecule has 168 valence electrons. The van der Waals surface area contributed by atoms with Crippen LogP contribution in [0.2, 0.25) is 0 Å². The van der Waals surface area contributed by atoms with Gasteiger partial charge in [0.15, 0.2) is 0 Å². The van der Waals surface area contributed by atoms with Crippen LogP contribution in [0.1, 0.15) is 17.5 Å². The molecule has 5 rings (SSSR count). The van der Waals surface area contributed by atoms with E-state index in [1.807, 2.05) is 54.6 Å². The first-order chi connectivity index (χ1) is 16.5. The summed E-state index contributed by atoms with van der Waals surface area (Å²) < 4.78 is 28.0. The Bertz CT molecular complexity index is 1300. The van der Waals surface area contributed by atoms with E-state index < -0.39 is 5.41 Å². The van der Waals surface area contributed by atoms with Crippen LogP contribution in [-0.4, -0.2) is 10.9 Å². The Kier molecular flexibility index (Phi) is 5.76. The molecule has 1 saturated carbocycles. The number of hydrogen-bond acceptors (Lipinski definition) is 2. The third-order valence-corrected chi connectivity index (χ3v) is 6.32. The summed E-state index contributed by atoms with van der Waals surface area (Å²) in [6, 6.07) is 24.2. The highest BCUT2D eigenvalue weighted by Crippen LogP contribution is 2.59. The number of rotatable bonds is 6. The van der Waals surface area contributed by atoms with Crippen LogP contribution in [-0.2, 0) is 10.2 Å². The second kappa shape index (κ2) is 9.02. The lowest BCUT2D eigenvalue weighted by Crippen LogP contribution is -2.13. The molecule has 1 N–H and O–H groups in total. The van der Waals surface area contributed by atoms with E-state index in [0.717, 1.165) is 22.3 Å². The third-order valence-electron chi connectivity index (χ3n) is 6.32. The van der Waals surface area contributed by atoms with Gasteiger partial charge in [0.1, 0.15) is 11.6 Å². The average Bonchev–Trinajstić information content (AvgIpc) is 3.60. The van der Waals surface area contributed by atoms with Gasteiger partial charge in [-0.2, -0.15) is 0 Å². The standard InChI is InChI=1S/C29H22F2N2O/c30-25-7-1-5-22(16-25)29(23-6-2-8-26(31)17-23)18-24(29)11-14-28(34)33-27-12-9-20(10-13-27)21-4-3-15-32-19-21/h1-17,19,24H,18H2,(H,33,34)/b14-11+/t24-/m1/s1. The summed E-state index contributed by atoms with van der Waals surface area (Å²) in [5, 5.41) is 2.87. The lowest BCUT2D eigenvalue weighted by Gasteiger charge is -2.18. The topological polar surface area (TPSA) is 42.0 Å². The minimum atomic E-state index is -0.549. The molecule has 1 heterocycles. The molecule has 3 aromatic carbocycles. The van der Waals surface area contributed by atoms with E-state index in [1.165, 1.54) is 30.3 Å². The van der Waals surface area contributed by atoms with Crippen molar-refractivity contribution in [1.29, 1.82) is 0 Å². The third kappa shape index (κ3) is 4.37. The predicted octanol–water partition coefficient (Wildman–Crippen LogP) is 6.53. The first-order valence-electron chi connectivity index (χ1n) is 11.1. The van der Waals surface area contributed by atoms with Gasteiger partial charge in [-0.05, 0) is 83.1 Å². The molecule has 34 heavy (non-hydrogen) atoms. The monoisotopic (exact) mass is 452 g/mol. The van der Waals surface area contributed by atoms with Gasteiger partial charge in [-0.15, -0.1) is 0 Å². The number of carbonyl (C=O) groups excluding carboxylic acids is 1. The molecule has 1 amide bonds. The Hall–Kier alpha value is -4.12. The van der Waals surface area contributed by atoms with Gasteiger partial charge in [0.2, 0.25) is 5.91 Å². The van der Waals surface area contributed by atoms with Crippen LogP contribution in [0.15, 0.2) is 109 Å². The number of nitrogens with one attached hydrogen (secondary N) is 1. The van der Waals surface area contributed by atoms with E-state index in [4.69, 9.17) is 0 Å². The molecule has 1 atom stereocenters. The smallest absolute Gasteiger partial charge is 0.248 e. The number of anilines is 1. The maximum absolute atomic E-state index is 14.0. The molecule has 3 nitrogen and oxygen atoms in total. The van der Waals surface area contributed by atoms with Gasteiger partial charge in [-0.1, -0.05) is 48.5 Å². The largest absolute Gasteiger partial charge is 0.323 e. The highest BCUT2D eigenvalue weighted by Gasteiger charge is 2.55. The summed E-state index contributed by atoms with van der Waals surface area (Å²) in [5.74, 6) is -0.978. The van der Waals surface area contributed by atoms with Crippen molar-refractivity contribution >= 4 is 11.6 Å². The first-order valence-corrected chi connectivity index (χ1v) is 11.1. The van der Waals surface area contributed by atoms with Crippen molar-refractivity contribution in [2.45, 2.75) is 11.8 Å². The summed E-state index contributed by atoms with van der Waals surface area (Å²) in [6.45, 7) is 0. The van der Waals surface area contributed by atoms with Crippen molar-refractivity contribution in [3.63, 3.8) is 0 Å². The van der Waals surface area contributed by atoms with Crippen molar-refractivity contribution in [3.05, 3.63) is 132 Å². The van der Waals surface area contributed by atoms with Crippen LogP contribution < -0.4 is 5.32 Å². The van der Waals surface area contributed by atoms with Crippen LogP contribution >= 0.6 is 0 Å². The van der Waals surface area contributed by atoms with Crippen molar-refractivity contribution in [3.8, 4) is 11.1 Å². The number of nitrogens with zero attached hydrogens (tertiary/aromatic N) is 1. The van der Waals surface area contributed by atoms with Gasteiger partial charge in [0.25, 0.3) is 0 Å². The van der Waals surface area contributed by atoms with Gasteiger partial charge in [-0.25, -0.2) is 8.78 Å². The molecule has 1 fully saturated rings. The Balaban J connectivity index is 1.32. The first kappa shape index (κ1) is 21.7. The van der Waals surface area contributed by atoms with Gasteiger partial charge >= 0.3 is 0 Å². The fraction of sp³-hybridized carbons (Fsp3) is 0.103. The zero-order chi connectivity index (χ0) is 23.5. The van der Waals surface area contributed by atoms with Gasteiger partial charge < -0.3 is 5.32 Å². The van der Waals surface area contributed by atoms with E-state index in [1.54, 1.807) is 24.5 Å². The Morgan fingerprint density at radius 3 is 2.15 bits per heavy atom. The van der Waals surface area contributed by atoms with Crippen molar-refractivity contribution in [1.82, 2.24) is 4.98 Å². The number of benzene rings is 3. The summed E-state index contributed by atoms with van der Waals surface area (Å²) in [4.78, 5) is 16.7. The van der Waals surface area contributed by atoms with E-state index in [-0.39, 0.29) is 23.5 Å². The number of pyridine rings is 1. The van der Waals surface area contributed by atoms with Crippen molar-refractivity contribution in [2.75, 3.05) is 5.32 Å². The summed E-state index contributed by atoms with van der Waals surface area (Å²) in [5.41, 5.74) is 3.69. The molecule has 0 spiro atoms. The molecule has 5 heteroatoms. The molecule has 1 aliphatic carbocycles. The minimum Gasteiger partial charge on any atom is -0.323 e. The zero-order valence-corrected chi connectivity index (χ0v) is 18.3. The number of hydrogen-bond donors (Lipinski definition) is 1. The van der Waals surface area contributed by atoms with Gasteiger partial charge in [0, 0.05) is 23.5 Å². The highest BCUT2D eigenvalue weighted by molar-refractivity contribution is 5.99. The fourth-order valence-corrected chi connectivity index (χ4v) is 4.55. The normalized spacial score (nSPS) is 16.4. The second-order valence-corrected chi connectivity index (χ2v) is 8.47. The molecular weight excluding hydrogens is 430 g/mol. The van der Waals surface area contributed by atoms with E-state index in [2.05, 4.69) is 10.3 Å². The molecule has 1 aliphatic rings. The lowest BCUT2D eigenvalue weighted by molar-refractivity contribution is -0.111. The number of halogens is 2. The van der Waals surface area contributed by atoms with Crippen LogP contribution in [0.5, 0.6) is 0 Å². The highest BCUT2D eigenvalue weighted by atomic mass is 19.1.